The van der Waals surface area contributed by atoms with E-state index in [0.29, 0.717) is 4.83 Å². The number of esters is 1. The molecule has 0 saturated heterocycles. The summed E-state index contributed by atoms with van der Waals surface area (Å²) in [5, 5.41) is 1.81. The van der Waals surface area contributed by atoms with Crippen molar-refractivity contribution in [1.82, 2.24) is 9.13 Å². The molecule has 0 unspecified atom stereocenters. The van der Waals surface area contributed by atoms with Crippen molar-refractivity contribution >= 4 is 27.5 Å². The van der Waals surface area contributed by atoms with Crippen LogP contribution >= 0.6 is 11.3 Å². The number of hydrogen-bond acceptors (Lipinski definition) is 5. The lowest BCUT2D eigenvalue weighted by molar-refractivity contribution is -0.131. The Morgan fingerprint density at radius 1 is 1.29 bits per heavy atom. The number of carbonyl (C=O) groups excluding carboxylic acids is 1. The van der Waals surface area contributed by atoms with E-state index in [1.807, 2.05) is 0 Å². The Labute approximate surface area is 99.7 Å². The number of carbonyl (C=O) groups is 1. The first-order valence-electron chi connectivity index (χ1n) is 4.79. The summed E-state index contributed by atoms with van der Waals surface area (Å²) in [5.41, 5.74) is -0.862. The van der Waals surface area contributed by atoms with Crippen molar-refractivity contribution in [3.63, 3.8) is 0 Å². The molecule has 17 heavy (non-hydrogen) atoms. The van der Waals surface area contributed by atoms with Crippen LogP contribution in [0.1, 0.15) is 6.92 Å². The van der Waals surface area contributed by atoms with E-state index < -0.39 is 17.2 Å². The molecule has 90 valence electrons. The van der Waals surface area contributed by atoms with Gasteiger partial charge in [-0.25, -0.2) is 4.79 Å². The lowest BCUT2D eigenvalue weighted by Crippen LogP contribution is -2.36. The topological polar surface area (TPSA) is 70.3 Å². The molecule has 0 radical (unpaired) electrons. The second-order valence-electron chi connectivity index (χ2n) is 3.58. The maximum atomic E-state index is 11.9. The van der Waals surface area contributed by atoms with Gasteiger partial charge >= 0.3 is 11.7 Å². The van der Waals surface area contributed by atoms with Gasteiger partial charge in [-0.3, -0.25) is 18.7 Å². The number of ether oxygens (including phenoxy) is 1. The van der Waals surface area contributed by atoms with Crippen LogP contribution in [0.25, 0.3) is 10.2 Å². The Morgan fingerprint density at radius 2 is 1.94 bits per heavy atom. The summed E-state index contributed by atoms with van der Waals surface area (Å²) in [5.74, 6) is -0.297. The van der Waals surface area contributed by atoms with Gasteiger partial charge in [0.1, 0.15) is 10.2 Å². The zero-order valence-corrected chi connectivity index (χ0v) is 10.3. The number of rotatable bonds is 1. The summed E-state index contributed by atoms with van der Waals surface area (Å²) < 4.78 is 7.28. The highest BCUT2D eigenvalue weighted by atomic mass is 32.1. The quantitative estimate of drug-likeness (QED) is 0.683. The van der Waals surface area contributed by atoms with Crippen LogP contribution < -0.4 is 16.0 Å². The first-order chi connectivity index (χ1) is 7.93. The number of thiophene rings is 1. The van der Waals surface area contributed by atoms with Crippen molar-refractivity contribution < 1.29 is 9.53 Å². The normalized spacial score (nSPS) is 10.8. The molecule has 0 saturated carbocycles. The van der Waals surface area contributed by atoms with Gasteiger partial charge in [0.05, 0.1) is 0 Å². The molecular weight excluding hydrogens is 244 g/mol. The van der Waals surface area contributed by atoms with Crippen LogP contribution in [0.2, 0.25) is 0 Å². The largest absolute Gasteiger partial charge is 0.425 e. The fraction of sp³-hybridized carbons (Fsp3) is 0.300. The van der Waals surface area contributed by atoms with E-state index in [1.54, 1.807) is 12.4 Å². The lowest BCUT2D eigenvalue weighted by Gasteiger charge is -2.04. The summed E-state index contributed by atoms with van der Waals surface area (Å²) in [6.45, 7) is 1.26. The van der Waals surface area contributed by atoms with Gasteiger partial charge in [-0.15, -0.1) is 11.3 Å². The van der Waals surface area contributed by atoms with E-state index in [1.165, 1.54) is 29.9 Å². The van der Waals surface area contributed by atoms with Crippen molar-refractivity contribution in [2.45, 2.75) is 6.92 Å². The molecular formula is C10H10N2O4S. The van der Waals surface area contributed by atoms with Gasteiger partial charge in [0.15, 0.2) is 5.75 Å². The van der Waals surface area contributed by atoms with Crippen molar-refractivity contribution in [3.05, 3.63) is 26.2 Å². The Morgan fingerprint density at radius 3 is 2.53 bits per heavy atom. The second-order valence-corrected chi connectivity index (χ2v) is 4.44. The number of hydrogen-bond donors (Lipinski definition) is 0. The van der Waals surface area contributed by atoms with Gasteiger partial charge in [-0.1, -0.05) is 0 Å². The van der Waals surface area contributed by atoms with Crippen LogP contribution in [0, 0.1) is 0 Å². The molecule has 6 nitrogen and oxygen atoms in total. The molecule has 7 heteroatoms. The fourth-order valence-corrected chi connectivity index (χ4v) is 2.50. The van der Waals surface area contributed by atoms with E-state index in [2.05, 4.69) is 0 Å². The van der Waals surface area contributed by atoms with Crippen LogP contribution in [0.3, 0.4) is 0 Å². The molecule has 0 bridgehead atoms. The van der Waals surface area contributed by atoms with E-state index in [4.69, 9.17) is 4.74 Å². The molecule has 2 rings (SSSR count). The van der Waals surface area contributed by atoms with E-state index in [9.17, 15) is 14.4 Å². The van der Waals surface area contributed by atoms with Crippen LogP contribution in [-0.2, 0) is 18.9 Å². The second kappa shape index (κ2) is 3.85. The zero-order valence-electron chi connectivity index (χ0n) is 9.51. The molecule has 0 N–H and O–H groups in total. The summed E-state index contributed by atoms with van der Waals surface area (Å²) in [7, 11) is 2.96. The van der Waals surface area contributed by atoms with E-state index in [-0.39, 0.29) is 11.1 Å². The van der Waals surface area contributed by atoms with Gasteiger partial charge in [-0.05, 0) is 0 Å². The van der Waals surface area contributed by atoms with Crippen LogP contribution in [0.15, 0.2) is 15.0 Å². The Bertz CT molecular complexity index is 722. The maximum Gasteiger partial charge on any atom is 0.331 e. The van der Waals surface area contributed by atoms with Crippen molar-refractivity contribution in [2.75, 3.05) is 0 Å². The highest BCUT2D eigenvalue weighted by molar-refractivity contribution is 7.17. The monoisotopic (exact) mass is 254 g/mol. The first-order valence-corrected chi connectivity index (χ1v) is 5.67. The minimum atomic E-state index is -0.499. The van der Waals surface area contributed by atoms with Gasteiger partial charge < -0.3 is 4.74 Å². The highest BCUT2D eigenvalue weighted by Crippen LogP contribution is 2.28. The average Bonchev–Trinajstić information content (AvgIpc) is 2.66. The highest BCUT2D eigenvalue weighted by Gasteiger charge is 2.16. The Balaban J connectivity index is 2.90. The van der Waals surface area contributed by atoms with E-state index >= 15 is 0 Å². The van der Waals surface area contributed by atoms with Crippen molar-refractivity contribution in [3.8, 4) is 5.75 Å². The number of aromatic nitrogens is 2. The molecule has 2 aromatic rings. The number of aryl methyl sites for hydroxylation is 1. The Kier molecular flexibility index (Phi) is 2.62. The maximum absolute atomic E-state index is 11.9. The van der Waals surface area contributed by atoms with Crippen molar-refractivity contribution in [2.24, 2.45) is 14.1 Å². The molecule has 0 atom stereocenters. The molecule has 0 aromatic carbocycles. The SMILES string of the molecule is CC(=O)Oc1csc2c1c(=O)n(C)c(=O)n2C. The molecule has 0 aliphatic rings. The third-order valence-electron chi connectivity index (χ3n) is 2.39. The molecule has 2 aromatic heterocycles. The van der Waals surface area contributed by atoms with Gasteiger partial charge in [0.25, 0.3) is 5.56 Å². The summed E-state index contributed by atoms with van der Waals surface area (Å²) >= 11 is 1.19. The summed E-state index contributed by atoms with van der Waals surface area (Å²) in [6.07, 6.45) is 0. The third-order valence-corrected chi connectivity index (χ3v) is 3.42. The predicted octanol–water partition coefficient (Wildman–Crippen LogP) is 0.224. The van der Waals surface area contributed by atoms with Gasteiger partial charge in [0.2, 0.25) is 0 Å². The summed E-state index contributed by atoms with van der Waals surface area (Å²) in [6, 6.07) is 0. The van der Waals surface area contributed by atoms with E-state index in [0.717, 1.165) is 4.57 Å². The average molecular weight is 254 g/mol. The number of fused-ring (bicyclic) bond motifs is 1. The molecule has 0 spiro atoms. The fourth-order valence-electron chi connectivity index (χ4n) is 1.57. The molecule has 0 amide bonds. The lowest BCUT2D eigenvalue weighted by atomic mass is 10.4. The molecule has 0 aliphatic heterocycles. The standard InChI is InChI=1S/C10H10N2O4S/c1-5(13)16-6-4-17-9-7(6)8(14)11(2)10(15)12(9)3/h4H,1-3H3. The smallest absolute Gasteiger partial charge is 0.331 e. The predicted molar refractivity (Wildman–Crippen MR) is 63.6 cm³/mol. The van der Waals surface area contributed by atoms with Crippen molar-refractivity contribution in [1.29, 1.82) is 0 Å². The van der Waals surface area contributed by atoms with Crippen LogP contribution in [0.4, 0.5) is 0 Å². The molecule has 0 aliphatic carbocycles. The van der Waals surface area contributed by atoms with Gasteiger partial charge in [-0.2, -0.15) is 0 Å². The summed E-state index contributed by atoms with van der Waals surface area (Å²) in [4.78, 5) is 35.0. The third kappa shape index (κ3) is 1.68. The number of nitrogens with zero attached hydrogens (tertiary/aromatic N) is 2. The zero-order chi connectivity index (χ0) is 12.7. The minimum Gasteiger partial charge on any atom is -0.425 e. The van der Waals surface area contributed by atoms with Crippen LogP contribution in [-0.4, -0.2) is 15.1 Å². The van der Waals surface area contributed by atoms with Crippen LogP contribution in [0.5, 0.6) is 5.75 Å². The minimum absolute atomic E-state index is 0.203. The first kappa shape index (κ1) is 11.6. The molecule has 0 fully saturated rings. The van der Waals surface area contributed by atoms with Gasteiger partial charge in [0, 0.05) is 26.4 Å². The molecule has 2 heterocycles. The Hall–Kier alpha value is -1.89.